The maximum Gasteiger partial charge on any atom is 0.351 e. The number of aliphatic hydroxyl groups is 1. The van der Waals surface area contributed by atoms with Gasteiger partial charge < -0.3 is 15.3 Å². The highest BCUT2D eigenvalue weighted by Gasteiger charge is 2.52. The molecule has 3 atom stereocenters. The summed E-state index contributed by atoms with van der Waals surface area (Å²) in [6.07, 6.45) is 1.07. The van der Waals surface area contributed by atoms with E-state index in [9.17, 15) is 19.1 Å². The number of anilines is 1. The summed E-state index contributed by atoms with van der Waals surface area (Å²) in [5.74, 6) is -6.44. The average Bonchev–Trinajstić information content (AvgIpc) is 3.00. The van der Waals surface area contributed by atoms with Crippen molar-refractivity contribution >= 4 is 29.1 Å². The molecule has 0 saturated carbocycles. The van der Waals surface area contributed by atoms with Crippen LogP contribution in [0.25, 0.3) is 0 Å². The van der Waals surface area contributed by atoms with Crippen LogP contribution in [0.15, 0.2) is 36.4 Å². The summed E-state index contributed by atoms with van der Waals surface area (Å²) in [6, 6.07) is 6.43. The maximum absolute atomic E-state index is 15.3. The molecule has 2 fully saturated rings. The SMILES string of the molecule is Cc1cc(NC(=O)c2ccc(Cl)c(C(F)(F)C(=O)N3[C@@H]4CC[C@H]3CC(O)C4)c2)ccc1F. The first-order chi connectivity index (χ1) is 15.1. The van der Waals surface area contributed by atoms with Crippen LogP contribution in [0.1, 0.15) is 47.2 Å². The molecule has 0 aliphatic carbocycles. The molecule has 9 heteroatoms. The van der Waals surface area contributed by atoms with Crippen molar-refractivity contribution in [3.8, 4) is 0 Å². The van der Waals surface area contributed by atoms with Gasteiger partial charge in [0.25, 0.3) is 11.8 Å². The minimum absolute atomic E-state index is 0.115. The normalized spacial score (nSPS) is 22.7. The van der Waals surface area contributed by atoms with E-state index < -0.39 is 47.3 Å². The molecule has 2 aliphatic rings. The topological polar surface area (TPSA) is 69.6 Å². The molecular formula is C23H22ClF3N2O3. The fourth-order valence-electron chi connectivity index (χ4n) is 4.59. The van der Waals surface area contributed by atoms with Gasteiger partial charge in [-0.15, -0.1) is 0 Å². The van der Waals surface area contributed by atoms with Crippen molar-refractivity contribution in [2.24, 2.45) is 0 Å². The second-order valence-corrected chi connectivity index (χ2v) is 8.82. The van der Waals surface area contributed by atoms with Gasteiger partial charge in [0.1, 0.15) is 5.82 Å². The van der Waals surface area contributed by atoms with E-state index in [-0.39, 0.29) is 23.4 Å². The highest BCUT2D eigenvalue weighted by molar-refractivity contribution is 6.32. The molecule has 2 heterocycles. The number of halogens is 4. The monoisotopic (exact) mass is 466 g/mol. The molecule has 2 N–H and O–H groups in total. The molecule has 32 heavy (non-hydrogen) atoms. The van der Waals surface area contributed by atoms with E-state index in [1.807, 2.05) is 0 Å². The number of piperidine rings is 1. The average molecular weight is 467 g/mol. The lowest BCUT2D eigenvalue weighted by Gasteiger charge is -2.39. The number of fused-ring (bicyclic) bond motifs is 2. The largest absolute Gasteiger partial charge is 0.393 e. The molecule has 170 valence electrons. The standard InChI is InChI=1S/C23H22ClF3N2O3/c1-12-8-14(3-7-20(12)25)28-21(31)13-2-6-19(24)18(9-13)23(26,27)22(32)29-15-4-5-16(29)11-17(30)10-15/h2-3,6-9,15-17,30H,4-5,10-11H2,1H3,(H,28,31)/t15-,16+,17?. The number of carbonyl (C=O) groups excluding carboxylic acids is 2. The highest BCUT2D eigenvalue weighted by Crippen LogP contribution is 2.42. The number of hydrogen-bond acceptors (Lipinski definition) is 3. The van der Waals surface area contributed by atoms with E-state index in [1.165, 1.54) is 36.1 Å². The van der Waals surface area contributed by atoms with Crippen molar-refractivity contribution in [1.82, 2.24) is 4.90 Å². The van der Waals surface area contributed by atoms with Crippen molar-refractivity contribution in [2.75, 3.05) is 5.32 Å². The number of alkyl halides is 2. The maximum atomic E-state index is 15.3. The van der Waals surface area contributed by atoms with E-state index in [0.717, 1.165) is 12.1 Å². The van der Waals surface area contributed by atoms with Crippen LogP contribution in [0.4, 0.5) is 18.9 Å². The predicted molar refractivity (Wildman–Crippen MR) is 113 cm³/mol. The van der Waals surface area contributed by atoms with E-state index in [0.29, 0.717) is 24.1 Å². The van der Waals surface area contributed by atoms with Crippen LogP contribution in [0, 0.1) is 12.7 Å². The van der Waals surface area contributed by atoms with Crippen molar-refractivity contribution in [3.63, 3.8) is 0 Å². The van der Waals surface area contributed by atoms with Gasteiger partial charge >= 0.3 is 5.92 Å². The number of rotatable bonds is 4. The smallest absolute Gasteiger partial charge is 0.351 e. The fraction of sp³-hybridized carbons (Fsp3) is 0.391. The lowest BCUT2D eigenvalue weighted by molar-refractivity contribution is -0.165. The van der Waals surface area contributed by atoms with Gasteiger partial charge in [0, 0.05) is 23.3 Å². The molecule has 0 radical (unpaired) electrons. The van der Waals surface area contributed by atoms with Crippen LogP contribution in [0.5, 0.6) is 0 Å². The molecule has 4 rings (SSSR count). The van der Waals surface area contributed by atoms with Crippen molar-refractivity contribution < 1.29 is 27.9 Å². The zero-order chi connectivity index (χ0) is 23.2. The first-order valence-corrected chi connectivity index (χ1v) is 10.7. The van der Waals surface area contributed by atoms with Crippen LogP contribution in [-0.4, -0.2) is 40.0 Å². The third kappa shape index (κ3) is 4.09. The minimum Gasteiger partial charge on any atom is -0.393 e. The Bertz CT molecular complexity index is 1060. The Morgan fingerprint density at radius 1 is 1.12 bits per heavy atom. The second kappa shape index (κ2) is 8.41. The summed E-state index contributed by atoms with van der Waals surface area (Å²) >= 11 is 6.01. The van der Waals surface area contributed by atoms with Gasteiger partial charge in [-0.1, -0.05) is 11.6 Å². The third-order valence-corrected chi connectivity index (χ3v) is 6.52. The van der Waals surface area contributed by atoms with Crippen LogP contribution in [-0.2, 0) is 10.7 Å². The van der Waals surface area contributed by atoms with Crippen molar-refractivity contribution in [2.45, 2.75) is 56.7 Å². The summed E-state index contributed by atoms with van der Waals surface area (Å²) in [6.45, 7) is 1.53. The van der Waals surface area contributed by atoms with Gasteiger partial charge in [-0.3, -0.25) is 9.59 Å². The van der Waals surface area contributed by atoms with E-state index in [4.69, 9.17) is 11.6 Å². The number of hydrogen-bond donors (Lipinski definition) is 2. The second-order valence-electron chi connectivity index (χ2n) is 8.41. The number of aliphatic hydroxyl groups excluding tert-OH is 1. The zero-order valence-corrected chi connectivity index (χ0v) is 18.0. The van der Waals surface area contributed by atoms with Gasteiger partial charge in [-0.05, 0) is 74.6 Å². The Labute approximate surface area is 188 Å². The van der Waals surface area contributed by atoms with Crippen LogP contribution >= 0.6 is 11.6 Å². The molecule has 2 amide bonds. The predicted octanol–water partition coefficient (Wildman–Crippen LogP) is 4.65. The molecule has 2 aromatic carbocycles. The Morgan fingerprint density at radius 3 is 2.41 bits per heavy atom. The number of carbonyl (C=O) groups is 2. The summed E-state index contributed by atoms with van der Waals surface area (Å²) in [4.78, 5) is 26.7. The Kier molecular flexibility index (Phi) is 5.94. The van der Waals surface area contributed by atoms with Crippen LogP contribution in [0.3, 0.4) is 0 Å². The van der Waals surface area contributed by atoms with E-state index in [2.05, 4.69) is 5.32 Å². The lowest BCUT2D eigenvalue weighted by Crippen LogP contribution is -2.52. The van der Waals surface area contributed by atoms with E-state index in [1.54, 1.807) is 0 Å². The van der Waals surface area contributed by atoms with E-state index >= 15 is 8.78 Å². The quantitative estimate of drug-likeness (QED) is 0.689. The van der Waals surface area contributed by atoms with Gasteiger partial charge in [0.05, 0.1) is 16.7 Å². The molecule has 5 nitrogen and oxygen atoms in total. The zero-order valence-electron chi connectivity index (χ0n) is 17.2. The number of nitrogens with zero attached hydrogens (tertiary/aromatic N) is 1. The molecule has 0 aromatic heterocycles. The van der Waals surface area contributed by atoms with Crippen LogP contribution < -0.4 is 5.32 Å². The molecule has 2 bridgehead atoms. The van der Waals surface area contributed by atoms with Crippen LogP contribution in [0.2, 0.25) is 5.02 Å². The summed E-state index contributed by atoms with van der Waals surface area (Å²) < 4.78 is 44.1. The highest BCUT2D eigenvalue weighted by atomic mass is 35.5. The third-order valence-electron chi connectivity index (χ3n) is 6.19. The Morgan fingerprint density at radius 2 is 1.78 bits per heavy atom. The first kappa shape index (κ1) is 22.6. The molecule has 0 spiro atoms. The summed E-state index contributed by atoms with van der Waals surface area (Å²) in [5, 5.41) is 12.1. The van der Waals surface area contributed by atoms with Gasteiger partial charge in [0.2, 0.25) is 0 Å². The van der Waals surface area contributed by atoms with Crippen molar-refractivity contribution in [3.05, 3.63) is 63.9 Å². The van der Waals surface area contributed by atoms with Gasteiger partial charge in [-0.25, -0.2) is 4.39 Å². The Hall–Kier alpha value is -2.58. The first-order valence-electron chi connectivity index (χ1n) is 10.3. The molecular weight excluding hydrogens is 445 g/mol. The van der Waals surface area contributed by atoms with Gasteiger partial charge in [-0.2, -0.15) is 8.78 Å². The van der Waals surface area contributed by atoms with Crippen molar-refractivity contribution in [1.29, 1.82) is 0 Å². The Balaban J connectivity index is 1.59. The molecule has 2 aliphatic heterocycles. The number of amides is 2. The number of aryl methyl sites for hydroxylation is 1. The number of benzene rings is 2. The molecule has 1 unspecified atom stereocenters. The lowest BCUT2D eigenvalue weighted by atomic mass is 9.97. The van der Waals surface area contributed by atoms with Gasteiger partial charge in [0.15, 0.2) is 0 Å². The summed E-state index contributed by atoms with van der Waals surface area (Å²) in [7, 11) is 0. The molecule has 2 saturated heterocycles. The minimum atomic E-state index is -3.94. The fourth-order valence-corrected chi connectivity index (χ4v) is 4.83. The number of nitrogens with one attached hydrogen (secondary N) is 1. The summed E-state index contributed by atoms with van der Waals surface area (Å²) in [5.41, 5.74) is -0.247. The molecule has 2 aromatic rings.